The number of nitrogens with zero attached hydrogens (tertiary/aromatic N) is 6. The largest absolute Gasteiger partial charge is 0.463 e. The Kier molecular flexibility index (Phi) is 9.07. The predicted molar refractivity (Wildman–Crippen MR) is 136 cm³/mol. The number of halogens is 2. The van der Waals surface area contributed by atoms with Crippen LogP contribution in [-0.2, 0) is 4.74 Å². The van der Waals surface area contributed by atoms with Crippen LogP contribution in [0.4, 0.5) is 32.1 Å². The summed E-state index contributed by atoms with van der Waals surface area (Å²) in [6.45, 7) is 4.27. The zero-order chi connectivity index (χ0) is 26.7. The van der Waals surface area contributed by atoms with Crippen molar-refractivity contribution in [3.8, 4) is 18.1 Å². The Morgan fingerprint density at radius 1 is 1.00 bits per heavy atom. The molecule has 38 heavy (non-hydrogen) atoms. The molecule has 1 aliphatic rings. The van der Waals surface area contributed by atoms with Crippen LogP contribution in [0.3, 0.4) is 0 Å². The summed E-state index contributed by atoms with van der Waals surface area (Å²) in [7, 11) is 0. The van der Waals surface area contributed by atoms with Crippen molar-refractivity contribution in [1.29, 1.82) is 10.5 Å². The lowest BCUT2D eigenvalue weighted by Gasteiger charge is -2.26. The molecule has 0 unspecified atom stereocenters. The van der Waals surface area contributed by atoms with Gasteiger partial charge in [0.25, 0.3) is 0 Å². The van der Waals surface area contributed by atoms with Gasteiger partial charge in [0, 0.05) is 31.4 Å². The van der Waals surface area contributed by atoms with E-state index in [1.54, 1.807) is 30.3 Å². The molecule has 0 aliphatic carbocycles. The van der Waals surface area contributed by atoms with Crippen molar-refractivity contribution in [2.24, 2.45) is 0 Å². The second-order valence-corrected chi connectivity index (χ2v) is 8.18. The summed E-state index contributed by atoms with van der Waals surface area (Å²) in [4.78, 5) is 14.9. The summed E-state index contributed by atoms with van der Waals surface area (Å²) in [5, 5.41) is 23.2. The molecule has 4 rings (SSSR count). The Morgan fingerprint density at radius 2 is 1.68 bits per heavy atom. The van der Waals surface area contributed by atoms with Gasteiger partial charge in [0.2, 0.25) is 11.9 Å². The van der Waals surface area contributed by atoms with Crippen LogP contribution in [0.1, 0.15) is 17.5 Å². The summed E-state index contributed by atoms with van der Waals surface area (Å²) < 4.78 is 40.5. The Hall–Kier alpha value is -4.65. The number of nitriles is 2. The molecule has 1 fully saturated rings. The first-order valence-corrected chi connectivity index (χ1v) is 11.8. The van der Waals surface area contributed by atoms with E-state index in [1.807, 2.05) is 6.07 Å². The molecule has 0 saturated carbocycles. The van der Waals surface area contributed by atoms with Crippen molar-refractivity contribution < 1.29 is 18.3 Å². The smallest absolute Gasteiger partial charge is 0.323 e. The SMILES string of the molecule is N#C/C=C/c1cc(F)c(Nc2nc(Nc3ccc(C#N)cc3)nc(OCCCN3CCOCC3)n2)c(F)c1. The van der Waals surface area contributed by atoms with Gasteiger partial charge < -0.3 is 20.1 Å². The molecule has 10 nitrogen and oxygen atoms in total. The molecule has 2 heterocycles. The third kappa shape index (κ3) is 7.43. The number of morpholine rings is 1. The number of rotatable bonds is 10. The summed E-state index contributed by atoms with van der Waals surface area (Å²) in [6.07, 6.45) is 3.13. The average molecular weight is 519 g/mol. The van der Waals surface area contributed by atoms with Crippen molar-refractivity contribution in [3.63, 3.8) is 0 Å². The lowest BCUT2D eigenvalue weighted by atomic mass is 10.1. The van der Waals surface area contributed by atoms with Gasteiger partial charge in [-0.15, -0.1) is 0 Å². The molecule has 2 aromatic carbocycles. The van der Waals surface area contributed by atoms with Crippen LogP contribution in [0.2, 0.25) is 0 Å². The molecule has 2 N–H and O–H groups in total. The number of aromatic nitrogens is 3. The highest BCUT2D eigenvalue weighted by Crippen LogP contribution is 2.26. The lowest BCUT2D eigenvalue weighted by molar-refractivity contribution is 0.0356. The monoisotopic (exact) mass is 518 g/mol. The highest BCUT2D eigenvalue weighted by Gasteiger charge is 2.15. The van der Waals surface area contributed by atoms with Crippen LogP contribution in [0.25, 0.3) is 6.08 Å². The second-order valence-electron chi connectivity index (χ2n) is 8.18. The van der Waals surface area contributed by atoms with E-state index in [4.69, 9.17) is 20.0 Å². The van der Waals surface area contributed by atoms with Crippen LogP contribution in [0.15, 0.2) is 42.5 Å². The molecule has 12 heteroatoms. The Bertz CT molecular complexity index is 1340. The van der Waals surface area contributed by atoms with Crippen molar-refractivity contribution in [2.75, 3.05) is 50.1 Å². The van der Waals surface area contributed by atoms with E-state index < -0.39 is 17.3 Å². The van der Waals surface area contributed by atoms with Crippen molar-refractivity contribution >= 4 is 29.3 Å². The molecule has 1 saturated heterocycles. The zero-order valence-corrected chi connectivity index (χ0v) is 20.3. The van der Waals surface area contributed by atoms with E-state index in [2.05, 4.69) is 30.5 Å². The first-order valence-electron chi connectivity index (χ1n) is 11.8. The third-order valence-electron chi connectivity index (χ3n) is 5.49. The molecule has 0 amide bonds. The van der Waals surface area contributed by atoms with E-state index in [9.17, 15) is 8.78 Å². The van der Waals surface area contributed by atoms with Gasteiger partial charge in [-0.25, -0.2) is 8.78 Å². The highest BCUT2D eigenvalue weighted by atomic mass is 19.1. The summed E-state index contributed by atoms with van der Waals surface area (Å²) in [5.41, 5.74) is 0.797. The van der Waals surface area contributed by atoms with Crippen LogP contribution in [0, 0.1) is 34.3 Å². The van der Waals surface area contributed by atoms with E-state index in [-0.39, 0.29) is 23.5 Å². The maximum atomic E-state index is 14.7. The zero-order valence-electron chi connectivity index (χ0n) is 20.3. The molecule has 0 atom stereocenters. The first kappa shape index (κ1) is 26.4. The molecular formula is C26H24F2N8O2. The normalized spacial score (nSPS) is 13.6. The van der Waals surface area contributed by atoms with Crippen LogP contribution in [0.5, 0.6) is 6.01 Å². The van der Waals surface area contributed by atoms with Gasteiger partial charge in [0.15, 0.2) is 0 Å². The Balaban J connectivity index is 1.53. The molecule has 0 radical (unpaired) electrons. The summed E-state index contributed by atoms with van der Waals surface area (Å²) in [5.74, 6) is -1.85. The van der Waals surface area contributed by atoms with Gasteiger partial charge in [0.1, 0.15) is 17.3 Å². The first-order chi connectivity index (χ1) is 18.5. The Morgan fingerprint density at radius 3 is 2.34 bits per heavy atom. The molecule has 194 valence electrons. The minimum atomic E-state index is -0.891. The maximum absolute atomic E-state index is 14.7. The van der Waals surface area contributed by atoms with Crippen molar-refractivity contribution in [3.05, 3.63) is 65.2 Å². The van der Waals surface area contributed by atoms with E-state index in [0.29, 0.717) is 37.5 Å². The number of hydrogen-bond donors (Lipinski definition) is 2. The lowest BCUT2D eigenvalue weighted by Crippen LogP contribution is -2.37. The van der Waals surface area contributed by atoms with Gasteiger partial charge in [-0.05, 0) is 54.5 Å². The third-order valence-corrected chi connectivity index (χ3v) is 5.49. The quantitative estimate of drug-likeness (QED) is 0.298. The molecule has 0 bridgehead atoms. The number of nitrogens with one attached hydrogen (secondary N) is 2. The highest BCUT2D eigenvalue weighted by molar-refractivity contribution is 5.62. The predicted octanol–water partition coefficient (Wildman–Crippen LogP) is 4.15. The number of benzene rings is 2. The molecule has 1 aliphatic heterocycles. The standard InChI is InChI=1S/C26H24F2N8O2/c27-21-15-19(3-1-8-29)16-22(28)23(21)32-25-33-24(31-20-6-4-18(17-30)5-7-20)34-26(35-25)38-12-2-9-36-10-13-37-14-11-36/h1,3-7,15-16H,2,9-14H2,(H2,31,32,33,34,35)/b3-1+. The van der Waals surface area contributed by atoms with Crippen LogP contribution >= 0.6 is 0 Å². The minimum Gasteiger partial charge on any atom is -0.463 e. The number of hydrogen-bond acceptors (Lipinski definition) is 10. The maximum Gasteiger partial charge on any atom is 0.323 e. The van der Waals surface area contributed by atoms with Crippen LogP contribution < -0.4 is 15.4 Å². The summed E-state index contributed by atoms with van der Waals surface area (Å²) in [6, 6.07) is 12.5. The molecule has 1 aromatic heterocycles. The summed E-state index contributed by atoms with van der Waals surface area (Å²) >= 11 is 0. The molecular weight excluding hydrogens is 494 g/mol. The van der Waals surface area contributed by atoms with Crippen molar-refractivity contribution in [1.82, 2.24) is 19.9 Å². The van der Waals surface area contributed by atoms with Crippen molar-refractivity contribution in [2.45, 2.75) is 6.42 Å². The Labute approximate surface area is 218 Å². The fourth-order valence-electron chi connectivity index (χ4n) is 3.62. The van der Waals surface area contributed by atoms with Gasteiger partial charge in [-0.3, -0.25) is 4.90 Å². The minimum absolute atomic E-state index is 0.0324. The van der Waals surface area contributed by atoms with Crippen LogP contribution in [-0.4, -0.2) is 59.3 Å². The second kappa shape index (κ2) is 13.1. The van der Waals surface area contributed by atoms with Gasteiger partial charge in [-0.1, -0.05) is 0 Å². The number of ether oxygens (including phenoxy) is 2. The van der Waals surface area contributed by atoms with E-state index in [0.717, 1.165) is 37.8 Å². The molecule has 3 aromatic rings. The number of anilines is 4. The van der Waals surface area contributed by atoms with E-state index >= 15 is 0 Å². The fraction of sp³-hybridized carbons (Fsp3) is 0.269. The van der Waals surface area contributed by atoms with Gasteiger partial charge in [0.05, 0.1) is 37.5 Å². The van der Waals surface area contributed by atoms with Gasteiger partial charge in [-0.2, -0.15) is 25.5 Å². The fourth-order valence-corrected chi connectivity index (χ4v) is 3.62. The van der Waals surface area contributed by atoms with E-state index in [1.165, 1.54) is 6.08 Å². The molecule has 0 spiro atoms. The van der Waals surface area contributed by atoms with Gasteiger partial charge >= 0.3 is 6.01 Å². The number of allylic oxidation sites excluding steroid dienone is 1. The topological polar surface area (TPSA) is 132 Å². The average Bonchev–Trinajstić information content (AvgIpc) is 2.93.